The number of hydrogen-bond donors (Lipinski definition) is 0. The molecule has 5 nitrogen and oxygen atoms in total. The minimum absolute atomic E-state index is 0.581. The Kier molecular flexibility index (Phi) is 3.11. The minimum atomic E-state index is 0.581. The van der Waals surface area contributed by atoms with E-state index in [9.17, 15) is 0 Å². The smallest absolute Gasteiger partial charge is 0.184 e. The van der Waals surface area contributed by atoms with Gasteiger partial charge in [-0.1, -0.05) is 37.3 Å². The first kappa shape index (κ1) is 13.0. The van der Waals surface area contributed by atoms with E-state index in [1.165, 1.54) is 6.42 Å². The second-order valence-electron chi connectivity index (χ2n) is 5.67. The lowest BCUT2D eigenvalue weighted by Gasteiger charge is -1.99. The van der Waals surface area contributed by atoms with Crippen molar-refractivity contribution in [1.29, 1.82) is 0 Å². The molecule has 2 aromatic heterocycles. The Hall–Kier alpha value is -2.69. The molecule has 1 aromatic carbocycles. The molecule has 1 aliphatic carbocycles. The van der Waals surface area contributed by atoms with E-state index in [2.05, 4.69) is 22.2 Å². The highest BCUT2D eigenvalue weighted by atomic mass is 16.3. The number of nitrogens with zero attached hydrogens (tertiary/aromatic N) is 4. The molecule has 5 heteroatoms. The maximum Gasteiger partial charge on any atom is 0.184 e. The number of hydrogen-bond acceptors (Lipinski definition) is 4. The SMILES string of the molecule is C[C@H]1C[C@@H]1c1ccc(/C=N\n2cnnc2-c2ccccc2)o1. The molecule has 0 spiro atoms. The van der Waals surface area contributed by atoms with Crippen LogP contribution in [0.4, 0.5) is 0 Å². The molecule has 4 rings (SSSR count). The van der Waals surface area contributed by atoms with Crippen molar-refractivity contribution in [2.45, 2.75) is 19.3 Å². The zero-order chi connectivity index (χ0) is 14.9. The van der Waals surface area contributed by atoms with Crippen molar-refractivity contribution < 1.29 is 4.42 Å². The van der Waals surface area contributed by atoms with Crippen LogP contribution in [0.5, 0.6) is 0 Å². The molecule has 0 radical (unpaired) electrons. The lowest BCUT2D eigenvalue weighted by atomic mass is 10.2. The van der Waals surface area contributed by atoms with E-state index < -0.39 is 0 Å². The summed E-state index contributed by atoms with van der Waals surface area (Å²) in [6.07, 6.45) is 4.51. The van der Waals surface area contributed by atoms with E-state index in [0.717, 1.165) is 23.0 Å². The van der Waals surface area contributed by atoms with Crippen LogP contribution < -0.4 is 0 Å². The first-order valence-electron chi connectivity index (χ1n) is 7.41. The average molecular weight is 292 g/mol. The molecule has 0 saturated heterocycles. The van der Waals surface area contributed by atoms with Gasteiger partial charge in [-0.25, -0.2) is 0 Å². The first-order chi connectivity index (χ1) is 10.8. The van der Waals surface area contributed by atoms with Crippen LogP contribution in [0, 0.1) is 5.92 Å². The minimum Gasteiger partial charge on any atom is -0.460 e. The Bertz CT molecular complexity index is 803. The highest BCUT2D eigenvalue weighted by Crippen LogP contribution is 2.47. The van der Waals surface area contributed by atoms with Crippen LogP contribution in [0.15, 0.2) is 58.3 Å². The molecular weight excluding hydrogens is 276 g/mol. The highest BCUT2D eigenvalue weighted by molar-refractivity contribution is 5.76. The quantitative estimate of drug-likeness (QED) is 0.691. The molecular formula is C17H16N4O. The molecule has 1 fully saturated rings. The molecule has 2 atom stereocenters. The fourth-order valence-corrected chi connectivity index (χ4v) is 2.57. The monoisotopic (exact) mass is 292 g/mol. The third-order valence-electron chi connectivity index (χ3n) is 3.99. The van der Waals surface area contributed by atoms with Gasteiger partial charge >= 0.3 is 0 Å². The molecule has 0 unspecified atom stereocenters. The van der Waals surface area contributed by atoms with Crippen LogP contribution in [-0.4, -0.2) is 21.1 Å². The van der Waals surface area contributed by atoms with Crippen molar-refractivity contribution in [3.63, 3.8) is 0 Å². The van der Waals surface area contributed by atoms with Gasteiger partial charge < -0.3 is 4.42 Å². The van der Waals surface area contributed by atoms with Gasteiger partial charge in [0, 0.05) is 11.5 Å². The Balaban J connectivity index is 1.56. The van der Waals surface area contributed by atoms with Gasteiger partial charge in [0.1, 0.15) is 17.8 Å². The van der Waals surface area contributed by atoms with Gasteiger partial charge in [0.15, 0.2) is 5.82 Å². The summed E-state index contributed by atoms with van der Waals surface area (Å²) in [5.74, 6) is 3.83. The van der Waals surface area contributed by atoms with Crippen molar-refractivity contribution in [2.75, 3.05) is 0 Å². The number of benzene rings is 1. The summed E-state index contributed by atoms with van der Waals surface area (Å²) in [4.78, 5) is 0. The van der Waals surface area contributed by atoms with E-state index in [4.69, 9.17) is 4.42 Å². The molecule has 3 aromatic rings. The van der Waals surface area contributed by atoms with E-state index >= 15 is 0 Å². The van der Waals surface area contributed by atoms with Gasteiger partial charge in [-0.15, -0.1) is 10.2 Å². The topological polar surface area (TPSA) is 56.2 Å². The summed E-state index contributed by atoms with van der Waals surface area (Å²) >= 11 is 0. The summed E-state index contributed by atoms with van der Waals surface area (Å²) in [7, 11) is 0. The second kappa shape index (κ2) is 5.26. The van der Waals surface area contributed by atoms with E-state index in [1.54, 1.807) is 17.2 Å². The molecule has 110 valence electrons. The molecule has 22 heavy (non-hydrogen) atoms. The molecule has 2 heterocycles. The number of rotatable bonds is 4. The summed E-state index contributed by atoms with van der Waals surface area (Å²) in [6.45, 7) is 2.24. The van der Waals surface area contributed by atoms with Crippen molar-refractivity contribution in [2.24, 2.45) is 11.0 Å². The third kappa shape index (κ3) is 2.45. The predicted octanol–water partition coefficient (Wildman–Crippen LogP) is 3.54. The molecule has 0 bridgehead atoms. The zero-order valence-corrected chi connectivity index (χ0v) is 12.3. The molecule has 1 aliphatic rings. The fourth-order valence-electron chi connectivity index (χ4n) is 2.57. The largest absolute Gasteiger partial charge is 0.460 e. The lowest BCUT2D eigenvalue weighted by molar-refractivity contribution is 0.500. The van der Waals surface area contributed by atoms with Gasteiger partial charge in [-0.2, -0.15) is 9.78 Å². The van der Waals surface area contributed by atoms with Crippen LogP contribution in [0.1, 0.15) is 30.8 Å². The summed E-state index contributed by atoms with van der Waals surface area (Å²) in [6, 6.07) is 13.9. The van der Waals surface area contributed by atoms with Crippen molar-refractivity contribution in [3.8, 4) is 11.4 Å². The second-order valence-corrected chi connectivity index (χ2v) is 5.67. The normalized spacial score (nSPS) is 20.6. The first-order valence-corrected chi connectivity index (χ1v) is 7.41. The van der Waals surface area contributed by atoms with Crippen molar-refractivity contribution >= 4 is 6.21 Å². The molecule has 1 saturated carbocycles. The standard InChI is InChI=1S/C17H16N4O/c1-12-9-15(12)16-8-7-14(22-16)10-19-21-11-18-20-17(21)13-5-3-2-4-6-13/h2-8,10-12,15H,9H2,1H3/b19-10-/t12-,15-/m0/s1. The lowest BCUT2D eigenvalue weighted by Crippen LogP contribution is -1.92. The number of aromatic nitrogens is 3. The Labute approximate surface area is 128 Å². The van der Waals surface area contributed by atoms with Crippen LogP contribution in [0.2, 0.25) is 0 Å². The Morgan fingerprint density at radius 2 is 2.05 bits per heavy atom. The Morgan fingerprint density at radius 1 is 1.23 bits per heavy atom. The zero-order valence-electron chi connectivity index (χ0n) is 12.3. The van der Waals surface area contributed by atoms with Crippen LogP contribution in [0.25, 0.3) is 11.4 Å². The third-order valence-corrected chi connectivity index (χ3v) is 3.99. The maximum absolute atomic E-state index is 5.82. The predicted molar refractivity (Wildman–Crippen MR) is 83.7 cm³/mol. The van der Waals surface area contributed by atoms with E-state index in [-0.39, 0.29) is 0 Å². The average Bonchev–Trinajstić information content (AvgIpc) is 2.97. The van der Waals surface area contributed by atoms with Gasteiger partial charge in [0.05, 0.1) is 6.21 Å². The summed E-state index contributed by atoms with van der Waals surface area (Å²) in [5, 5.41) is 12.5. The van der Waals surface area contributed by atoms with Gasteiger partial charge in [0.25, 0.3) is 0 Å². The molecule has 0 N–H and O–H groups in total. The molecule has 0 aliphatic heterocycles. The van der Waals surface area contributed by atoms with Gasteiger partial charge in [-0.05, 0) is 24.5 Å². The fraction of sp³-hybridized carbons (Fsp3) is 0.235. The van der Waals surface area contributed by atoms with Gasteiger partial charge in [0.2, 0.25) is 0 Å². The Morgan fingerprint density at radius 3 is 2.82 bits per heavy atom. The van der Waals surface area contributed by atoms with Crippen LogP contribution in [-0.2, 0) is 0 Å². The van der Waals surface area contributed by atoms with E-state index in [1.807, 2.05) is 42.5 Å². The highest BCUT2D eigenvalue weighted by Gasteiger charge is 2.36. The van der Waals surface area contributed by atoms with Crippen molar-refractivity contribution in [3.05, 3.63) is 60.3 Å². The van der Waals surface area contributed by atoms with Crippen LogP contribution in [0.3, 0.4) is 0 Å². The van der Waals surface area contributed by atoms with Gasteiger partial charge in [-0.3, -0.25) is 0 Å². The molecule has 0 amide bonds. The van der Waals surface area contributed by atoms with E-state index in [0.29, 0.717) is 11.7 Å². The van der Waals surface area contributed by atoms with Crippen molar-refractivity contribution in [1.82, 2.24) is 14.9 Å². The summed E-state index contributed by atoms with van der Waals surface area (Å²) < 4.78 is 7.47. The van der Waals surface area contributed by atoms with Crippen LogP contribution >= 0.6 is 0 Å². The number of furan rings is 1. The summed E-state index contributed by atoms with van der Waals surface area (Å²) in [5.41, 5.74) is 0.976. The maximum atomic E-state index is 5.82.